The van der Waals surface area contributed by atoms with Gasteiger partial charge >= 0.3 is 14.0 Å². The van der Waals surface area contributed by atoms with Crippen molar-refractivity contribution >= 4 is 19.3 Å². The zero-order valence-electron chi connectivity index (χ0n) is 5.18. The summed E-state index contributed by atoms with van der Waals surface area (Å²) in [5.41, 5.74) is 0. The molecule has 58 valence electrons. The van der Waals surface area contributed by atoms with E-state index in [1.54, 1.807) is 0 Å². The van der Waals surface area contributed by atoms with Crippen LogP contribution in [0.5, 0.6) is 0 Å². The average molecular weight is 174 g/mol. The van der Waals surface area contributed by atoms with E-state index in [4.69, 9.17) is 5.11 Å². The van der Waals surface area contributed by atoms with Crippen LogP contribution in [-0.2, 0) is 4.57 Å². The van der Waals surface area contributed by atoms with Crippen LogP contribution in [-0.4, -0.2) is 11.1 Å². The van der Waals surface area contributed by atoms with E-state index in [9.17, 15) is 14.3 Å². The second-order valence-electron chi connectivity index (χ2n) is 1.70. The van der Waals surface area contributed by atoms with Crippen LogP contribution in [0.1, 0.15) is 10.6 Å². The lowest BCUT2D eigenvalue weighted by molar-refractivity contribution is -0.160. The Bertz CT molecular complexity index is 273. The van der Waals surface area contributed by atoms with Gasteiger partial charge in [0, 0.05) is 6.07 Å². The van der Waals surface area contributed by atoms with Crippen molar-refractivity contribution in [3.63, 3.8) is 0 Å². The highest BCUT2D eigenvalue weighted by molar-refractivity contribution is 7.46. The summed E-state index contributed by atoms with van der Waals surface area (Å²) in [6, 6.07) is 1.09. The maximum absolute atomic E-state index is 10.3. The SMILES string of the molecule is O=C(O)c1occc1[P+](=O)[O-]. The maximum atomic E-state index is 10.3. The number of hydrogen-bond donors (Lipinski definition) is 1. The molecule has 0 aliphatic rings. The predicted molar refractivity (Wildman–Crippen MR) is 32.9 cm³/mol. The number of carbonyl (C=O) groups is 1. The van der Waals surface area contributed by atoms with Crippen molar-refractivity contribution in [1.82, 2.24) is 0 Å². The van der Waals surface area contributed by atoms with Crippen molar-refractivity contribution in [3.8, 4) is 0 Å². The highest BCUT2D eigenvalue weighted by atomic mass is 31.1. The van der Waals surface area contributed by atoms with Crippen molar-refractivity contribution in [2.24, 2.45) is 0 Å². The second kappa shape index (κ2) is 2.82. The molecule has 11 heavy (non-hydrogen) atoms. The first-order chi connectivity index (χ1) is 5.13. The molecule has 0 fully saturated rings. The van der Waals surface area contributed by atoms with Gasteiger partial charge in [-0.25, -0.2) is 4.79 Å². The molecule has 1 aromatic heterocycles. The molecular weight excluding hydrogens is 171 g/mol. The van der Waals surface area contributed by atoms with E-state index >= 15 is 0 Å². The maximum Gasteiger partial charge on any atom is 0.376 e. The third-order valence-electron chi connectivity index (χ3n) is 1.04. The normalized spacial score (nSPS) is 11.2. The van der Waals surface area contributed by atoms with Crippen molar-refractivity contribution in [3.05, 3.63) is 18.1 Å². The quantitative estimate of drug-likeness (QED) is 0.621. The molecule has 0 aliphatic carbocycles. The number of carboxylic acid groups (broad SMARTS) is 1. The molecule has 0 spiro atoms. The van der Waals surface area contributed by atoms with Gasteiger partial charge in [-0.05, 0) is 0 Å². The fourth-order valence-corrected chi connectivity index (χ4v) is 1.10. The summed E-state index contributed by atoms with van der Waals surface area (Å²) in [5, 5.41) is 8.04. The topological polar surface area (TPSA) is 90.6 Å². The molecule has 0 amide bonds. The Morgan fingerprint density at radius 3 is 2.73 bits per heavy atom. The van der Waals surface area contributed by atoms with E-state index in [1.807, 2.05) is 0 Å². The summed E-state index contributed by atoms with van der Waals surface area (Å²) in [7, 11) is -2.89. The van der Waals surface area contributed by atoms with E-state index < -0.39 is 19.8 Å². The molecule has 1 rings (SSSR count). The molecule has 0 radical (unpaired) electrons. The highest BCUT2D eigenvalue weighted by Crippen LogP contribution is 2.12. The summed E-state index contributed by atoms with van der Waals surface area (Å²) in [5.74, 6) is -1.93. The molecular formula is C5H3O5P. The fourth-order valence-electron chi connectivity index (χ4n) is 0.606. The number of furan rings is 1. The van der Waals surface area contributed by atoms with Gasteiger partial charge in [-0.1, -0.05) is 4.57 Å². The monoisotopic (exact) mass is 174 g/mol. The first-order valence-corrected chi connectivity index (χ1v) is 3.76. The summed E-state index contributed by atoms with van der Waals surface area (Å²) in [6.45, 7) is 0. The predicted octanol–water partition coefficient (Wildman–Crippen LogP) is -0.294. The minimum atomic E-state index is -2.89. The van der Waals surface area contributed by atoms with E-state index in [2.05, 4.69) is 4.42 Å². The van der Waals surface area contributed by atoms with Crippen molar-refractivity contribution in [2.45, 2.75) is 0 Å². The smallest absolute Gasteiger partial charge is 0.376 e. The zero-order valence-corrected chi connectivity index (χ0v) is 6.08. The molecule has 0 bridgehead atoms. The third-order valence-corrected chi connectivity index (χ3v) is 1.78. The molecule has 5 nitrogen and oxygen atoms in total. The Balaban J connectivity index is 3.16. The summed E-state index contributed by atoms with van der Waals surface area (Å²) in [6.07, 6.45) is 1.02. The molecule has 1 heterocycles. The van der Waals surface area contributed by atoms with Crippen molar-refractivity contribution < 1.29 is 23.8 Å². The largest absolute Gasteiger partial charge is 0.591 e. The van der Waals surface area contributed by atoms with E-state index in [-0.39, 0.29) is 5.30 Å². The van der Waals surface area contributed by atoms with Gasteiger partial charge in [-0.2, -0.15) is 0 Å². The minimum Gasteiger partial charge on any atom is -0.591 e. The van der Waals surface area contributed by atoms with Gasteiger partial charge in [-0.3, -0.25) is 0 Å². The Hall–Kier alpha value is -1.19. The number of carboxylic acids is 1. The van der Waals surface area contributed by atoms with Gasteiger partial charge in [-0.15, -0.1) is 0 Å². The van der Waals surface area contributed by atoms with Gasteiger partial charge in [0.15, 0.2) is 0 Å². The van der Waals surface area contributed by atoms with Crippen LogP contribution >= 0.6 is 8.03 Å². The molecule has 0 aliphatic heterocycles. The minimum absolute atomic E-state index is 0.299. The Kier molecular flexibility index (Phi) is 2.03. The highest BCUT2D eigenvalue weighted by Gasteiger charge is 2.23. The second-order valence-corrected chi connectivity index (χ2v) is 2.69. The molecule has 1 atom stereocenters. The van der Waals surface area contributed by atoms with Gasteiger partial charge < -0.3 is 14.4 Å². The fraction of sp³-hybridized carbons (Fsp3) is 0. The lowest BCUT2D eigenvalue weighted by atomic mass is 10.5. The molecule has 0 saturated carbocycles. The van der Waals surface area contributed by atoms with E-state index in [0.717, 1.165) is 12.3 Å². The van der Waals surface area contributed by atoms with Crippen molar-refractivity contribution in [2.75, 3.05) is 0 Å². The van der Waals surface area contributed by atoms with Crippen LogP contribution in [0.4, 0.5) is 0 Å². The Labute approximate surface area is 62.1 Å². The number of hydrogen-bond acceptors (Lipinski definition) is 4. The summed E-state index contributed by atoms with van der Waals surface area (Å²) < 4.78 is 14.7. The Morgan fingerprint density at radius 2 is 2.36 bits per heavy atom. The van der Waals surface area contributed by atoms with Crippen LogP contribution in [0, 0.1) is 0 Å². The van der Waals surface area contributed by atoms with Gasteiger partial charge in [0.05, 0.1) is 6.26 Å². The molecule has 0 saturated heterocycles. The van der Waals surface area contributed by atoms with Crippen LogP contribution in [0.15, 0.2) is 16.7 Å². The van der Waals surface area contributed by atoms with E-state index in [0.29, 0.717) is 0 Å². The summed E-state index contributed by atoms with van der Waals surface area (Å²) in [4.78, 5) is 20.5. The molecule has 0 aromatic carbocycles. The first-order valence-electron chi connectivity index (χ1n) is 2.58. The number of aromatic carboxylic acids is 1. The molecule has 1 aromatic rings. The van der Waals surface area contributed by atoms with Gasteiger partial charge in [0.1, 0.15) is 0 Å². The molecule has 6 heteroatoms. The lowest BCUT2D eigenvalue weighted by Gasteiger charge is -1.85. The Morgan fingerprint density at radius 1 is 1.73 bits per heavy atom. The van der Waals surface area contributed by atoms with Crippen LogP contribution in [0.2, 0.25) is 0 Å². The third kappa shape index (κ3) is 1.45. The van der Waals surface area contributed by atoms with Crippen LogP contribution < -0.4 is 10.2 Å². The average Bonchev–Trinajstić information content (AvgIpc) is 2.32. The summed E-state index contributed by atoms with van der Waals surface area (Å²) >= 11 is 0. The van der Waals surface area contributed by atoms with Crippen LogP contribution in [0.3, 0.4) is 0 Å². The number of rotatable bonds is 2. The first kappa shape index (κ1) is 7.91. The standard InChI is InChI=1S/C5H3O5P/c6-5(7)4-3(11(8)9)1-2-10-4/h1-2H,(H,6,7). The van der Waals surface area contributed by atoms with Crippen molar-refractivity contribution in [1.29, 1.82) is 0 Å². The molecule has 1 unspecified atom stereocenters. The van der Waals surface area contributed by atoms with E-state index in [1.165, 1.54) is 0 Å². The van der Waals surface area contributed by atoms with Gasteiger partial charge in [0.25, 0.3) is 5.76 Å². The lowest BCUT2D eigenvalue weighted by Crippen LogP contribution is -2.11. The zero-order chi connectivity index (χ0) is 8.43. The van der Waals surface area contributed by atoms with Gasteiger partial charge in [0.2, 0.25) is 5.30 Å². The van der Waals surface area contributed by atoms with Crippen LogP contribution in [0.25, 0.3) is 0 Å². The molecule has 1 N–H and O–H groups in total.